The van der Waals surface area contributed by atoms with E-state index in [4.69, 9.17) is 18.9 Å². The minimum absolute atomic E-state index is 0.0806. The van der Waals surface area contributed by atoms with Gasteiger partial charge in [-0.25, -0.2) is 4.79 Å². The number of carbonyl (C=O) groups excluding carboxylic acids is 3. The number of methoxy groups -OCH3 is 3. The van der Waals surface area contributed by atoms with Gasteiger partial charge in [0.1, 0.15) is 5.56 Å². The Morgan fingerprint density at radius 2 is 1.54 bits per heavy atom. The van der Waals surface area contributed by atoms with Gasteiger partial charge in [-0.3, -0.25) is 9.59 Å². The summed E-state index contributed by atoms with van der Waals surface area (Å²) in [4.78, 5) is 36.1. The van der Waals surface area contributed by atoms with Crippen LogP contribution >= 0.6 is 0 Å². The van der Waals surface area contributed by atoms with E-state index in [-0.39, 0.29) is 22.8 Å². The predicted molar refractivity (Wildman–Crippen MR) is 101 cm³/mol. The van der Waals surface area contributed by atoms with Crippen molar-refractivity contribution in [2.75, 3.05) is 33.3 Å². The maximum absolute atomic E-state index is 12.4. The van der Waals surface area contributed by atoms with Crippen molar-refractivity contribution in [3.8, 4) is 17.2 Å². The molecule has 2 aromatic rings. The van der Waals surface area contributed by atoms with Gasteiger partial charge in [-0.2, -0.15) is 0 Å². The lowest BCUT2D eigenvalue weighted by Crippen LogP contribution is -2.22. The first-order valence-corrected chi connectivity index (χ1v) is 8.28. The number of amides is 1. The minimum atomic E-state index is -0.771. The molecule has 0 aliphatic heterocycles. The summed E-state index contributed by atoms with van der Waals surface area (Å²) in [5.41, 5.74) is 0.792. The quantitative estimate of drug-likeness (QED) is 0.549. The summed E-state index contributed by atoms with van der Waals surface area (Å²) >= 11 is 0. The van der Waals surface area contributed by atoms with Gasteiger partial charge in [-0.15, -0.1) is 0 Å². The van der Waals surface area contributed by atoms with E-state index in [9.17, 15) is 14.4 Å². The second-order valence-corrected chi connectivity index (χ2v) is 5.61. The SMILES string of the molecule is COc1ccc(C(=O)OCC(=O)Nc2ccccc2C(C)=O)c(OC)c1OC. The second-order valence-electron chi connectivity index (χ2n) is 5.61. The zero-order valence-electron chi connectivity index (χ0n) is 16.0. The number of hydrogen-bond acceptors (Lipinski definition) is 7. The Kier molecular flexibility index (Phi) is 6.97. The molecule has 8 heteroatoms. The van der Waals surface area contributed by atoms with Gasteiger partial charge in [0.25, 0.3) is 5.91 Å². The van der Waals surface area contributed by atoms with Gasteiger partial charge in [0.2, 0.25) is 5.75 Å². The number of esters is 1. The van der Waals surface area contributed by atoms with E-state index in [0.29, 0.717) is 17.0 Å². The van der Waals surface area contributed by atoms with Crippen LogP contribution in [0.2, 0.25) is 0 Å². The molecule has 0 aliphatic rings. The predicted octanol–water partition coefficient (Wildman–Crippen LogP) is 2.71. The first-order chi connectivity index (χ1) is 13.4. The number of hydrogen-bond donors (Lipinski definition) is 1. The van der Waals surface area contributed by atoms with Crippen LogP contribution in [0.4, 0.5) is 5.69 Å². The fourth-order valence-corrected chi connectivity index (χ4v) is 2.56. The molecule has 0 aliphatic carbocycles. The maximum Gasteiger partial charge on any atom is 0.342 e. The molecule has 0 heterocycles. The fourth-order valence-electron chi connectivity index (χ4n) is 2.56. The Morgan fingerprint density at radius 3 is 2.14 bits per heavy atom. The fraction of sp³-hybridized carbons (Fsp3) is 0.250. The van der Waals surface area contributed by atoms with Crippen LogP contribution in [0.25, 0.3) is 0 Å². The van der Waals surface area contributed by atoms with Crippen molar-refractivity contribution in [1.29, 1.82) is 0 Å². The number of Topliss-reactive ketones (excluding diaryl/α,β-unsaturated/α-hetero) is 1. The standard InChI is InChI=1S/C20H21NO7/c1-12(22)13-7-5-6-8-15(13)21-17(23)11-28-20(24)14-9-10-16(25-2)19(27-4)18(14)26-3/h5-10H,11H2,1-4H3,(H,21,23). The van der Waals surface area contributed by atoms with Crippen molar-refractivity contribution in [3.05, 3.63) is 47.5 Å². The van der Waals surface area contributed by atoms with Gasteiger partial charge in [-0.05, 0) is 31.2 Å². The number of para-hydroxylation sites is 1. The molecular formula is C20H21NO7. The molecule has 0 atom stereocenters. The Bertz CT molecular complexity index is 892. The van der Waals surface area contributed by atoms with Crippen LogP contribution in [0.15, 0.2) is 36.4 Å². The van der Waals surface area contributed by atoms with Crippen molar-refractivity contribution >= 4 is 23.3 Å². The smallest absolute Gasteiger partial charge is 0.342 e. The summed E-state index contributed by atoms with van der Waals surface area (Å²) in [6.07, 6.45) is 0. The van der Waals surface area contributed by atoms with Crippen LogP contribution in [0.5, 0.6) is 17.2 Å². The lowest BCUT2D eigenvalue weighted by molar-refractivity contribution is -0.119. The third-order valence-corrected chi connectivity index (χ3v) is 3.84. The highest BCUT2D eigenvalue weighted by Gasteiger charge is 2.22. The summed E-state index contributed by atoms with van der Waals surface area (Å²) in [5, 5.41) is 2.56. The normalized spacial score (nSPS) is 10.0. The maximum atomic E-state index is 12.4. The highest BCUT2D eigenvalue weighted by atomic mass is 16.5. The lowest BCUT2D eigenvalue weighted by atomic mass is 10.1. The highest BCUT2D eigenvalue weighted by molar-refractivity contribution is 6.04. The summed E-state index contributed by atoms with van der Waals surface area (Å²) in [6.45, 7) is 0.858. The molecule has 2 aromatic carbocycles. The number of anilines is 1. The average Bonchev–Trinajstić information content (AvgIpc) is 2.70. The molecule has 8 nitrogen and oxygen atoms in total. The third kappa shape index (κ3) is 4.59. The van der Waals surface area contributed by atoms with E-state index in [1.165, 1.54) is 40.4 Å². The van der Waals surface area contributed by atoms with Crippen LogP contribution in [0.3, 0.4) is 0 Å². The van der Waals surface area contributed by atoms with Gasteiger partial charge < -0.3 is 24.3 Å². The monoisotopic (exact) mass is 387 g/mol. The molecule has 0 spiro atoms. The van der Waals surface area contributed by atoms with E-state index < -0.39 is 18.5 Å². The van der Waals surface area contributed by atoms with E-state index in [0.717, 1.165) is 0 Å². The van der Waals surface area contributed by atoms with Gasteiger partial charge in [-0.1, -0.05) is 12.1 Å². The van der Waals surface area contributed by atoms with Gasteiger partial charge in [0.05, 0.1) is 27.0 Å². The molecule has 0 saturated carbocycles. The average molecular weight is 387 g/mol. The Labute approximate surface area is 162 Å². The molecule has 0 aromatic heterocycles. The number of benzene rings is 2. The van der Waals surface area contributed by atoms with Gasteiger partial charge in [0, 0.05) is 5.56 Å². The van der Waals surface area contributed by atoms with E-state index in [1.807, 2.05) is 0 Å². The molecule has 0 unspecified atom stereocenters. The summed E-state index contributed by atoms with van der Waals surface area (Å²) in [5.74, 6) is -0.791. The molecule has 28 heavy (non-hydrogen) atoms. The zero-order valence-corrected chi connectivity index (χ0v) is 16.0. The molecule has 0 saturated heterocycles. The molecule has 0 bridgehead atoms. The molecule has 1 N–H and O–H groups in total. The minimum Gasteiger partial charge on any atom is -0.493 e. The molecule has 2 rings (SSSR count). The Morgan fingerprint density at radius 1 is 0.857 bits per heavy atom. The molecule has 0 radical (unpaired) electrons. The van der Waals surface area contributed by atoms with Gasteiger partial charge in [0.15, 0.2) is 23.9 Å². The number of ether oxygens (including phenoxy) is 4. The topological polar surface area (TPSA) is 100 Å². The summed E-state index contributed by atoms with van der Waals surface area (Å²) in [7, 11) is 4.24. The van der Waals surface area contributed by atoms with E-state index >= 15 is 0 Å². The van der Waals surface area contributed by atoms with Crippen molar-refractivity contribution in [1.82, 2.24) is 0 Å². The lowest BCUT2D eigenvalue weighted by Gasteiger charge is -2.15. The summed E-state index contributed by atoms with van der Waals surface area (Å²) < 4.78 is 20.7. The number of carbonyl (C=O) groups is 3. The Hall–Kier alpha value is -3.55. The van der Waals surface area contributed by atoms with E-state index in [2.05, 4.69) is 5.32 Å². The van der Waals surface area contributed by atoms with E-state index in [1.54, 1.807) is 24.3 Å². The van der Waals surface area contributed by atoms with Crippen LogP contribution in [-0.2, 0) is 9.53 Å². The number of ketones is 1. The zero-order chi connectivity index (χ0) is 20.7. The second kappa shape index (κ2) is 9.40. The summed E-state index contributed by atoms with van der Waals surface area (Å²) in [6, 6.07) is 9.54. The Balaban J connectivity index is 2.10. The molecule has 1 amide bonds. The third-order valence-electron chi connectivity index (χ3n) is 3.84. The van der Waals surface area contributed by atoms with Crippen molar-refractivity contribution in [3.63, 3.8) is 0 Å². The van der Waals surface area contributed by atoms with Crippen LogP contribution < -0.4 is 19.5 Å². The number of nitrogens with one attached hydrogen (secondary N) is 1. The largest absolute Gasteiger partial charge is 0.493 e. The van der Waals surface area contributed by atoms with Crippen LogP contribution in [0.1, 0.15) is 27.6 Å². The number of rotatable bonds is 8. The first kappa shape index (κ1) is 20.8. The molecule has 0 fully saturated rings. The molecule has 148 valence electrons. The van der Waals surface area contributed by atoms with Crippen LogP contribution in [0, 0.1) is 0 Å². The molecular weight excluding hydrogens is 366 g/mol. The van der Waals surface area contributed by atoms with Crippen LogP contribution in [-0.4, -0.2) is 45.6 Å². The first-order valence-electron chi connectivity index (χ1n) is 8.28. The van der Waals surface area contributed by atoms with Crippen molar-refractivity contribution in [2.45, 2.75) is 6.92 Å². The van der Waals surface area contributed by atoms with Crippen molar-refractivity contribution in [2.24, 2.45) is 0 Å². The van der Waals surface area contributed by atoms with Gasteiger partial charge >= 0.3 is 5.97 Å². The van der Waals surface area contributed by atoms with Crippen molar-refractivity contribution < 1.29 is 33.3 Å². The highest BCUT2D eigenvalue weighted by Crippen LogP contribution is 2.39.